The predicted molar refractivity (Wildman–Crippen MR) is 137 cm³/mol. The van der Waals surface area contributed by atoms with Crippen molar-refractivity contribution in [2.75, 3.05) is 39.2 Å². The number of methoxy groups -OCH3 is 1. The summed E-state index contributed by atoms with van der Waals surface area (Å²) >= 11 is 0. The van der Waals surface area contributed by atoms with Crippen LogP contribution in [0.5, 0.6) is 5.75 Å². The maximum atomic E-state index is 13.4. The van der Waals surface area contributed by atoms with Gasteiger partial charge in [0.05, 0.1) is 17.4 Å². The smallest absolute Gasteiger partial charge is 0.257 e. The lowest BCUT2D eigenvalue weighted by Crippen LogP contribution is -2.46. The van der Waals surface area contributed by atoms with Crippen LogP contribution in [0.15, 0.2) is 42.6 Å². The molecule has 0 saturated heterocycles. The first kappa shape index (κ1) is 26.6. The largest absolute Gasteiger partial charge is 0.491 e. The Hall–Kier alpha value is -2.97. The van der Waals surface area contributed by atoms with E-state index in [0.29, 0.717) is 43.1 Å². The standard InChI is InChI=1S/C27H38N4O4/c1-6-9-26(32)29-21-11-12-24-23(14-21)27(33)30(4)17-25(34-5)19(2)15-31(20(3)18-35-24)16-22-10-7-8-13-28-22/h7-8,10-14,19-20,25H,6,9,15-18H2,1-5H3,(H,29,32)/t19-,20-,25+/m1/s1. The number of pyridine rings is 1. The highest BCUT2D eigenvalue weighted by Gasteiger charge is 2.28. The molecule has 2 heterocycles. The van der Waals surface area contributed by atoms with E-state index in [2.05, 4.69) is 29.0 Å². The molecule has 0 radical (unpaired) electrons. The summed E-state index contributed by atoms with van der Waals surface area (Å²) in [6.45, 7) is 8.53. The second kappa shape index (κ2) is 12.7. The van der Waals surface area contributed by atoms with E-state index in [1.165, 1.54) is 0 Å². The molecule has 1 aliphatic heterocycles. The molecule has 190 valence electrons. The van der Waals surface area contributed by atoms with Gasteiger partial charge in [0.1, 0.15) is 12.4 Å². The number of amides is 2. The van der Waals surface area contributed by atoms with Gasteiger partial charge in [0.25, 0.3) is 5.91 Å². The van der Waals surface area contributed by atoms with E-state index < -0.39 is 0 Å². The number of ether oxygens (including phenoxy) is 2. The van der Waals surface area contributed by atoms with Gasteiger partial charge in [-0.1, -0.05) is 19.9 Å². The molecule has 0 unspecified atom stereocenters. The van der Waals surface area contributed by atoms with Crippen LogP contribution >= 0.6 is 0 Å². The topological polar surface area (TPSA) is 84.0 Å². The van der Waals surface area contributed by atoms with Gasteiger partial charge < -0.3 is 19.7 Å². The van der Waals surface area contributed by atoms with E-state index in [-0.39, 0.29) is 29.9 Å². The van der Waals surface area contributed by atoms with E-state index in [1.807, 2.05) is 31.3 Å². The third kappa shape index (κ3) is 7.26. The lowest BCUT2D eigenvalue weighted by Gasteiger charge is -2.35. The first-order chi connectivity index (χ1) is 16.8. The summed E-state index contributed by atoms with van der Waals surface area (Å²) in [7, 11) is 3.46. The summed E-state index contributed by atoms with van der Waals surface area (Å²) in [5.74, 6) is 0.427. The quantitative estimate of drug-likeness (QED) is 0.674. The van der Waals surface area contributed by atoms with Gasteiger partial charge in [-0.25, -0.2) is 0 Å². The summed E-state index contributed by atoms with van der Waals surface area (Å²) in [5, 5.41) is 2.88. The molecule has 1 aromatic heterocycles. The fourth-order valence-corrected chi connectivity index (χ4v) is 4.30. The number of rotatable bonds is 6. The third-order valence-corrected chi connectivity index (χ3v) is 6.43. The van der Waals surface area contributed by atoms with Crippen LogP contribution in [0.2, 0.25) is 0 Å². The normalized spacial score (nSPS) is 21.9. The second-order valence-electron chi connectivity index (χ2n) is 9.36. The van der Waals surface area contributed by atoms with Crippen LogP contribution in [0.3, 0.4) is 0 Å². The van der Waals surface area contributed by atoms with Crippen molar-refractivity contribution in [3.8, 4) is 5.75 Å². The zero-order chi connectivity index (χ0) is 25.4. The van der Waals surface area contributed by atoms with Gasteiger partial charge in [-0.15, -0.1) is 0 Å². The number of likely N-dealkylation sites (N-methyl/N-ethyl adjacent to an activating group) is 1. The van der Waals surface area contributed by atoms with Crippen LogP contribution in [0.1, 0.15) is 49.7 Å². The number of carbonyl (C=O) groups is 2. The average Bonchev–Trinajstić information content (AvgIpc) is 2.85. The molecular weight excluding hydrogens is 444 g/mol. The summed E-state index contributed by atoms with van der Waals surface area (Å²) in [5.41, 5.74) is 2.00. The molecule has 1 aliphatic rings. The summed E-state index contributed by atoms with van der Waals surface area (Å²) in [6, 6.07) is 11.3. The number of benzene rings is 1. The Morgan fingerprint density at radius 2 is 2.03 bits per heavy atom. The summed E-state index contributed by atoms with van der Waals surface area (Å²) < 4.78 is 12.0. The van der Waals surface area contributed by atoms with Gasteiger partial charge >= 0.3 is 0 Å². The maximum Gasteiger partial charge on any atom is 0.257 e. The highest BCUT2D eigenvalue weighted by molar-refractivity contribution is 5.99. The lowest BCUT2D eigenvalue weighted by molar-refractivity contribution is -0.116. The number of anilines is 1. The van der Waals surface area contributed by atoms with Gasteiger partial charge in [0, 0.05) is 58.1 Å². The number of aromatic nitrogens is 1. The Labute approximate surface area is 208 Å². The van der Waals surface area contributed by atoms with Gasteiger partial charge in [-0.3, -0.25) is 19.5 Å². The molecule has 1 aromatic carbocycles. The molecule has 1 N–H and O–H groups in total. The molecule has 3 atom stereocenters. The van der Waals surface area contributed by atoms with Crippen molar-refractivity contribution in [2.24, 2.45) is 5.92 Å². The number of carbonyl (C=O) groups excluding carboxylic acids is 2. The van der Waals surface area contributed by atoms with Crippen molar-refractivity contribution in [3.05, 3.63) is 53.9 Å². The lowest BCUT2D eigenvalue weighted by atomic mass is 10.0. The Balaban J connectivity index is 1.92. The zero-order valence-electron chi connectivity index (χ0n) is 21.5. The van der Waals surface area contributed by atoms with E-state index in [4.69, 9.17) is 9.47 Å². The van der Waals surface area contributed by atoms with Crippen molar-refractivity contribution in [2.45, 2.75) is 52.3 Å². The summed E-state index contributed by atoms with van der Waals surface area (Å²) in [4.78, 5) is 34.1. The zero-order valence-corrected chi connectivity index (χ0v) is 21.5. The first-order valence-electron chi connectivity index (χ1n) is 12.3. The van der Waals surface area contributed by atoms with E-state index in [1.54, 1.807) is 37.3 Å². The SMILES string of the molecule is CCCC(=O)Nc1ccc2c(c1)C(=O)N(C)C[C@H](OC)[C@H](C)CN(Cc1ccccn1)[C@H](C)CO2. The van der Waals surface area contributed by atoms with Crippen molar-refractivity contribution < 1.29 is 19.1 Å². The van der Waals surface area contributed by atoms with Gasteiger partial charge in [0.2, 0.25) is 5.91 Å². The molecule has 0 fully saturated rings. The number of hydrogen-bond donors (Lipinski definition) is 1. The molecule has 0 saturated carbocycles. The van der Waals surface area contributed by atoms with Crippen LogP contribution in [0.4, 0.5) is 5.69 Å². The van der Waals surface area contributed by atoms with Crippen LogP contribution in [-0.4, -0.2) is 72.6 Å². The van der Waals surface area contributed by atoms with Crippen LogP contribution < -0.4 is 10.1 Å². The van der Waals surface area contributed by atoms with Crippen LogP contribution in [0.25, 0.3) is 0 Å². The van der Waals surface area contributed by atoms with Crippen molar-refractivity contribution in [1.82, 2.24) is 14.8 Å². The molecule has 8 nitrogen and oxygen atoms in total. The minimum Gasteiger partial charge on any atom is -0.491 e. The first-order valence-corrected chi connectivity index (χ1v) is 12.3. The molecule has 8 heteroatoms. The van der Waals surface area contributed by atoms with Crippen LogP contribution in [-0.2, 0) is 16.1 Å². The maximum absolute atomic E-state index is 13.4. The molecule has 2 aromatic rings. The third-order valence-electron chi connectivity index (χ3n) is 6.43. The van der Waals surface area contributed by atoms with E-state index in [9.17, 15) is 9.59 Å². The van der Waals surface area contributed by atoms with E-state index >= 15 is 0 Å². The molecular formula is C27H38N4O4. The van der Waals surface area contributed by atoms with Crippen molar-refractivity contribution in [1.29, 1.82) is 0 Å². The summed E-state index contributed by atoms with van der Waals surface area (Å²) in [6.07, 6.45) is 2.85. The number of nitrogens with one attached hydrogen (secondary N) is 1. The molecule has 2 amide bonds. The molecule has 3 rings (SSSR count). The Kier molecular flexibility index (Phi) is 9.63. The molecule has 0 spiro atoms. The predicted octanol–water partition coefficient (Wildman–Crippen LogP) is 3.83. The van der Waals surface area contributed by atoms with Gasteiger partial charge in [0.15, 0.2) is 0 Å². The molecule has 0 bridgehead atoms. The highest BCUT2D eigenvalue weighted by atomic mass is 16.5. The molecule has 0 aliphatic carbocycles. The second-order valence-corrected chi connectivity index (χ2v) is 9.36. The number of fused-ring (bicyclic) bond motifs is 1. The molecule has 35 heavy (non-hydrogen) atoms. The van der Waals surface area contributed by atoms with Crippen LogP contribution in [0, 0.1) is 5.92 Å². The Morgan fingerprint density at radius 1 is 1.23 bits per heavy atom. The van der Waals surface area contributed by atoms with Gasteiger partial charge in [-0.2, -0.15) is 0 Å². The van der Waals surface area contributed by atoms with Crippen molar-refractivity contribution in [3.63, 3.8) is 0 Å². The van der Waals surface area contributed by atoms with Crippen molar-refractivity contribution >= 4 is 17.5 Å². The number of hydrogen-bond acceptors (Lipinski definition) is 6. The average molecular weight is 483 g/mol. The fraction of sp³-hybridized carbons (Fsp3) is 0.519. The number of nitrogens with zero attached hydrogens (tertiary/aromatic N) is 3. The highest BCUT2D eigenvalue weighted by Crippen LogP contribution is 2.27. The van der Waals surface area contributed by atoms with Gasteiger partial charge in [-0.05, 0) is 49.6 Å². The Morgan fingerprint density at radius 3 is 2.71 bits per heavy atom. The van der Waals surface area contributed by atoms with E-state index in [0.717, 1.165) is 18.7 Å². The Bertz CT molecular complexity index is 984. The monoisotopic (exact) mass is 482 g/mol. The fourth-order valence-electron chi connectivity index (χ4n) is 4.30. The minimum atomic E-state index is -0.167. The minimum absolute atomic E-state index is 0.0704.